The number of urea groups is 1. The van der Waals surface area contributed by atoms with Crippen LogP contribution in [0.5, 0.6) is 5.75 Å². The van der Waals surface area contributed by atoms with Gasteiger partial charge in [-0.05, 0) is 29.8 Å². The van der Waals surface area contributed by atoms with Crippen LogP contribution in [-0.2, 0) is 4.79 Å². The van der Waals surface area contributed by atoms with Gasteiger partial charge in [0.1, 0.15) is 11.8 Å². The first kappa shape index (κ1) is 13.1. The van der Waals surface area contributed by atoms with Crippen LogP contribution in [-0.4, -0.2) is 24.0 Å². The van der Waals surface area contributed by atoms with E-state index in [9.17, 15) is 9.59 Å². The van der Waals surface area contributed by atoms with Gasteiger partial charge in [-0.3, -0.25) is 9.78 Å². The van der Waals surface area contributed by atoms with E-state index in [0.29, 0.717) is 17.0 Å². The fourth-order valence-corrected chi connectivity index (χ4v) is 2.23. The average molecular weight is 283 g/mol. The summed E-state index contributed by atoms with van der Waals surface area (Å²) < 4.78 is 5.08. The molecule has 6 heteroatoms. The van der Waals surface area contributed by atoms with Gasteiger partial charge in [0.05, 0.1) is 19.0 Å². The van der Waals surface area contributed by atoms with Gasteiger partial charge in [-0.15, -0.1) is 0 Å². The topological polar surface area (TPSA) is 71.5 Å². The number of anilines is 1. The van der Waals surface area contributed by atoms with Gasteiger partial charge >= 0.3 is 6.03 Å². The van der Waals surface area contributed by atoms with Crippen LogP contribution in [0.3, 0.4) is 0 Å². The maximum atomic E-state index is 12.5. The summed E-state index contributed by atoms with van der Waals surface area (Å²) in [6.07, 6.45) is 3.07. The summed E-state index contributed by atoms with van der Waals surface area (Å²) in [5.41, 5.74) is 1.16. The number of hydrogen-bond donors (Lipinski definition) is 1. The number of pyridine rings is 1. The number of carbonyl (C=O) groups is 2. The molecule has 1 aromatic heterocycles. The molecule has 21 heavy (non-hydrogen) atoms. The van der Waals surface area contributed by atoms with Crippen LogP contribution in [0.15, 0.2) is 48.8 Å². The van der Waals surface area contributed by atoms with E-state index in [-0.39, 0.29) is 5.91 Å². The van der Waals surface area contributed by atoms with E-state index < -0.39 is 12.1 Å². The number of nitrogens with one attached hydrogen (secondary N) is 1. The second-order valence-electron chi connectivity index (χ2n) is 4.54. The molecule has 0 radical (unpaired) electrons. The number of nitrogens with zero attached hydrogens (tertiary/aromatic N) is 2. The molecule has 0 aliphatic carbocycles. The normalized spacial score (nSPS) is 17.8. The van der Waals surface area contributed by atoms with Crippen LogP contribution >= 0.6 is 0 Å². The van der Waals surface area contributed by atoms with Crippen molar-refractivity contribution < 1.29 is 14.3 Å². The van der Waals surface area contributed by atoms with E-state index in [1.54, 1.807) is 49.7 Å². The lowest BCUT2D eigenvalue weighted by Gasteiger charge is -2.12. The molecule has 1 saturated heterocycles. The van der Waals surface area contributed by atoms with E-state index in [1.165, 1.54) is 6.20 Å². The van der Waals surface area contributed by atoms with Crippen molar-refractivity contribution in [1.82, 2.24) is 10.3 Å². The zero-order chi connectivity index (χ0) is 14.8. The Labute approximate surface area is 121 Å². The molecule has 1 N–H and O–H groups in total. The van der Waals surface area contributed by atoms with Crippen molar-refractivity contribution >= 4 is 17.6 Å². The molecule has 0 spiro atoms. The maximum Gasteiger partial charge on any atom is 0.329 e. The number of methoxy groups -OCH3 is 1. The Morgan fingerprint density at radius 3 is 2.57 bits per heavy atom. The first-order valence-electron chi connectivity index (χ1n) is 6.39. The maximum absolute atomic E-state index is 12.5. The van der Waals surface area contributed by atoms with Crippen LogP contribution < -0.4 is 15.0 Å². The molecule has 1 aliphatic heterocycles. The van der Waals surface area contributed by atoms with Crippen molar-refractivity contribution in [1.29, 1.82) is 0 Å². The Morgan fingerprint density at radius 2 is 1.95 bits per heavy atom. The predicted molar refractivity (Wildman–Crippen MR) is 76.0 cm³/mol. The summed E-state index contributed by atoms with van der Waals surface area (Å²) in [5, 5.41) is 2.67. The molecule has 2 aromatic rings. The summed E-state index contributed by atoms with van der Waals surface area (Å²) in [6.45, 7) is 0. The molecule has 1 aromatic carbocycles. The Bertz CT molecular complexity index is 670. The first-order valence-corrected chi connectivity index (χ1v) is 6.39. The Balaban J connectivity index is 1.89. The molecule has 6 nitrogen and oxygen atoms in total. The quantitative estimate of drug-likeness (QED) is 0.873. The molecule has 1 unspecified atom stereocenters. The summed E-state index contributed by atoms with van der Waals surface area (Å²) in [7, 11) is 1.57. The van der Waals surface area contributed by atoms with Gasteiger partial charge in [-0.2, -0.15) is 0 Å². The van der Waals surface area contributed by atoms with Crippen molar-refractivity contribution in [2.75, 3.05) is 12.0 Å². The number of hydrogen-bond acceptors (Lipinski definition) is 4. The SMILES string of the molecule is COc1ccc(C2NC(=O)N(c3cccnc3)C2=O)cc1. The van der Waals surface area contributed by atoms with Crippen molar-refractivity contribution in [2.24, 2.45) is 0 Å². The number of imide groups is 1. The van der Waals surface area contributed by atoms with Crippen LogP contribution in [0, 0.1) is 0 Å². The standard InChI is InChI=1S/C15H13N3O3/c1-21-12-6-4-10(5-7-12)13-14(19)18(15(20)17-13)11-3-2-8-16-9-11/h2-9,13H,1H3,(H,17,20). The van der Waals surface area contributed by atoms with Crippen molar-refractivity contribution in [3.05, 3.63) is 54.4 Å². The smallest absolute Gasteiger partial charge is 0.329 e. The monoisotopic (exact) mass is 283 g/mol. The van der Waals surface area contributed by atoms with E-state index in [0.717, 1.165) is 4.90 Å². The third-order valence-electron chi connectivity index (χ3n) is 3.29. The Hall–Kier alpha value is -2.89. The molecule has 106 valence electrons. The van der Waals surface area contributed by atoms with Crippen molar-refractivity contribution in [2.45, 2.75) is 6.04 Å². The third kappa shape index (κ3) is 2.31. The summed E-state index contributed by atoms with van der Waals surface area (Å²) >= 11 is 0. The van der Waals surface area contributed by atoms with Gasteiger partial charge in [0.15, 0.2) is 0 Å². The molecule has 0 saturated carbocycles. The van der Waals surface area contributed by atoms with E-state index >= 15 is 0 Å². The van der Waals surface area contributed by atoms with Gasteiger partial charge in [0.25, 0.3) is 5.91 Å². The zero-order valence-corrected chi connectivity index (χ0v) is 11.3. The minimum atomic E-state index is -0.691. The highest BCUT2D eigenvalue weighted by Gasteiger charge is 2.39. The molecule has 1 aliphatic rings. The number of aromatic nitrogens is 1. The van der Waals surface area contributed by atoms with Crippen LogP contribution in [0.2, 0.25) is 0 Å². The van der Waals surface area contributed by atoms with Gasteiger partial charge in [-0.1, -0.05) is 12.1 Å². The molecule has 3 rings (SSSR count). The van der Waals surface area contributed by atoms with Crippen molar-refractivity contribution in [3.8, 4) is 5.75 Å². The highest BCUT2D eigenvalue weighted by Crippen LogP contribution is 2.27. The first-order chi connectivity index (χ1) is 10.2. The molecule has 1 atom stereocenters. The van der Waals surface area contributed by atoms with E-state index in [1.807, 2.05) is 0 Å². The highest BCUT2D eigenvalue weighted by atomic mass is 16.5. The van der Waals surface area contributed by atoms with Gasteiger partial charge in [0, 0.05) is 6.20 Å². The fourth-order valence-electron chi connectivity index (χ4n) is 2.23. The minimum Gasteiger partial charge on any atom is -0.497 e. The Kier molecular flexibility index (Phi) is 3.27. The third-order valence-corrected chi connectivity index (χ3v) is 3.29. The summed E-state index contributed by atoms with van der Waals surface area (Å²) in [5.74, 6) is 0.373. The second kappa shape index (κ2) is 5.24. The van der Waals surface area contributed by atoms with Crippen LogP contribution in [0.1, 0.15) is 11.6 Å². The Morgan fingerprint density at radius 1 is 1.19 bits per heavy atom. The van der Waals surface area contributed by atoms with Gasteiger partial charge in [-0.25, -0.2) is 9.69 Å². The van der Waals surface area contributed by atoms with Crippen molar-refractivity contribution in [3.63, 3.8) is 0 Å². The minimum absolute atomic E-state index is 0.321. The summed E-state index contributed by atoms with van der Waals surface area (Å²) in [6, 6.07) is 9.22. The fraction of sp³-hybridized carbons (Fsp3) is 0.133. The molecule has 3 amide bonds. The largest absolute Gasteiger partial charge is 0.497 e. The molecule has 1 fully saturated rings. The number of carbonyl (C=O) groups excluding carboxylic acids is 2. The lowest BCUT2D eigenvalue weighted by molar-refractivity contribution is -0.118. The highest BCUT2D eigenvalue weighted by molar-refractivity contribution is 6.21. The van der Waals surface area contributed by atoms with Crippen LogP contribution in [0.25, 0.3) is 0 Å². The number of benzene rings is 1. The number of ether oxygens (including phenoxy) is 1. The predicted octanol–water partition coefficient (Wildman–Crippen LogP) is 1.89. The van der Waals surface area contributed by atoms with E-state index in [2.05, 4.69) is 10.3 Å². The molecule has 0 bridgehead atoms. The zero-order valence-electron chi connectivity index (χ0n) is 11.3. The molecular weight excluding hydrogens is 270 g/mol. The average Bonchev–Trinajstić information content (AvgIpc) is 2.83. The number of rotatable bonds is 3. The molecular formula is C15H13N3O3. The summed E-state index contributed by atoms with van der Waals surface area (Å²) in [4.78, 5) is 29.5. The second-order valence-corrected chi connectivity index (χ2v) is 4.54. The van der Waals surface area contributed by atoms with Gasteiger partial charge < -0.3 is 10.1 Å². The molecule has 2 heterocycles. The van der Waals surface area contributed by atoms with E-state index in [4.69, 9.17) is 4.74 Å². The lowest BCUT2D eigenvalue weighted by Crippen LogP contribution is -2.30. The van der Waals surface area contributed by atoms with Crippen LogP contribution in [0.4, 0.5) is 10.5 Å². The number of amides is 3. The van der Waals surface area contributed by atoms with Gasteiger partial charge in [0.2, 0.25) is 0 Å². The lowest BCUT2D eigenvalue weighted by atomic mass is 10.1.